The third kappa shape index (κ3) is 7.38. The molecule has 0 bridgehead atoms. The number of amides is 3. The molecule has 0 fully saturated rings. The van der Waals surface area contributed by atoms with Crippen LogP contribution in [0.15, 0.2) is 48.5 Å². The number of benzene rings is 2. The molecule has 0 aromatic heterocycles. The molecule has 7 nitrogen and oxygen atoms in total. The fourth-order valence-electron chi connectivity index (χ4n) is 2.77. The number of rotatable bonds is 9. The maximum atomic E-state index is 12.7. The SMILES string of the molecule is CCCNC(=O)CN(C)CC(=O)Nc1ccccc1C(=O)Nc1cccc(C)c1. The van der Waals surface area contributed by atoms with Crippen molar-refractivity contribution in [2.75, 3.05) is 37.3 Å². The van der Waals surface area contributed by atoms with Gasteiger partial charge in [0.2, 0.25) is 11.8 Å². The monoisotopic (exact) mass is 396 g/mol. The number of nitrogens with one attached hydrogen (secondary N) is 3. The molecule has 0 unspecified atom stereocenters. The molecule has 2 rings (SSSR count). The van der Waals surface area contributed by atoms with Crippen molar-refractivity contribution in [2.45, 2.75) is 20.3 Å². The number of aryl methyl sites for hydroxylation is 1. The molecule has 154 valence electrons. The second kappa shape index (κ2) is 11.0. The van der Waals surface area contributed by atoms with Crippen LogP contribution in [0.1, 0.15) is 29.3 Å². The Morgan fingerprint density at radius 2 is 1.66 bits per heavy atom. The fraction of sp³-hybridized carbons (Fsp3) is 0.318. The summed E-state index contributed by atoms with van der Waals surface area (Å²) in [5.74, 6) is -0.731. The van der Waals surface area contributed by atoms with Crippen molar-refractivity contribution < 1.29 is 14.4 Å². The van der Waals surface area contributed by atoms with Crippen LogP contribution in [0, 0.1) is 6.92 Å². The lowest BCUT2D eigenvalue weighted by Crippen LogP contribution is -2.39. The van der Waals surface area contributed by atoms with Crippen LogP contribution in [0.2, 0.25) is 0 Å². The Kier molecular flexibility index (Phi) is 8.36. The molecule has 3 N–H and O–H groups in total. The van der Waals surface area contributed by atoms with Gasteiger partial charge in [-0.15, -0.1) is 0 Å². The molecular weight excluding hydrogens is 368 g/mol. The molecule has 0 saturated carbocycles. The molecule has 0 spiro atoms. The number of hydrogen-bond acceptors (Lipinski definition) is 4. The summed E-state index contributed by atoms with van der Waals surface area (Å²) in [6, 6.07) is 14.3. The summed E-state index contributed by atoms with van der Waals surface area (Å²) in [7, 11) is 1.70. The number of hydrogen-bond donors (Lipinski definition) is 3. The van der Waals surface area contributed by atoms with E-state index in [0.717, 1.165) is 12.0 Å². The summed E-state index contributed by atoms with van der Waals surface area (Å²) in [5, 5.41) is 8.38. The molecule has 29 heavy (non-hydrogen) atoms. The average Bonchev–Trinajstić information content (AvgIpc) is 2.66. The number of carbonyl (C=O) groups is 3. The summed E-state index contributed by atoms with van der Waals surface area (Å²) < 4.78 is 0. The number of para-hydroxylation sites is 1. The van der Waals surface area contributed by atoms with Gasteiger partial charge in [-0.25, -0.2) is 0 Å². The summed E-state index contributed by atoms with van der Waals surface area (Å²) in [6.07, 6.45) is 0.858. The van der Waals surface area contributed by atoms with E-state index < -0.39 is 0 Å². The van der Waals surface area contributed by atoms with Crippen molar-refractivity contribution in [1.29, 1.82) is 0 Å². The van der Waals surface area contributed by atoms with Gasteiger partial charge in [0.15, 0.2) is 0 Å². The van der Waals surface area contributed by atoms with Crippen LogP contribution < -0.4 is 16.0 Å². The Bertz CT molecular complexity index is 867. The van der Waals surface area contributed by atoms with Gasteiger partial charge in [-0.2, -0.15) is 0 Å². The third-order valence-corrected chi connectivity index (χ3v) is 4.12. The highest BCUT2D eigenvalue weighted by atomic mass is 16.2. The minimum absolute atomic E-state index is 0.0351. The van der Waals surface area contributed by atoms with Crippen LogP contribution in [-0.2, 0) is 9.59 Å². The molecule has 0 aliphatic heterocycles. The molecule has 0 saturated heterocycles. The number of carbonyl (C=O) groups excluding carboxylic acids is 3. The minimum Gasteiger partial charge on any atom is -0.355 e. The summed E-state index contributed by atoms with van der Waals surface area (Å²) in [5.41, 5.74) is 2.52. The van der Waals surface area contributed by atoms with Crippen molar-refractivity contribution in [1.82, 2.24) is 10.2 Å². The molecule has 0 heterocycles. The van der Waals surface area contributed by atoms with E-state index in [1.54, 1.807) is 36.2 Å². The maximum Gasteiger partial charge on any atom is 0.257 e. The van der Waals surface area contributed by atoms with Crippen LogP contribution in [-0.4, -0.2) is 49.3 Å². The zero-order valence-corrected chi connectivity index (χ0v) is 17.1. The Hall–Kier alpha value is -3.19. The zero-order valence-electron chi connectivity index (χ0n) is 17.1. The van der Waals surface area contributed by atoms with E-state index in [2.05, 4.69) is 16.0 Å². The van der Waals surface area contributed by atoms with Gasteiger partial charge in [0.1, 0.15) is 0 Å². The molecule has 2 aromatic rings. The third-order valence-electron chi connectivity index (χ3n) is 4.12. The Morgan fingerprint density at radius 3 is 2.38 bits per heavy atom. The first-order chi connectivity index (χ1) is 13.9. The van der Waals surface area contributed by atoms with Crippen molar-refractivity contribution in [3.05, 3.63) is 59.7 Å². The van der Waals surface area contributed by atoms with E-state index in [9.17, 15) is 14.4 Å². The minimum atomic E-state index is -0.307. The fourth-order valence-corrected chi connectivity index (χ4v) is 2.77. The number of anilines is 2. The molecule has 0 aliphatic carbocycles. The molecule has 7 heteroatoms. The largest absolute Gasteiger partial charge is 0.355 e. The molecular formula is C22H28N4O3. The van der Waals surface area contributed by atoms with E-state index in [4.69, 9.17) is 0 Å². The second-order valence-electron chi connectivity index (χ2n) is 6.94. The van der Waals surface area contributed by atoms with Crippen LogP contribution in [0.25, 0.3) is 0 Å². The van der Waals surface area contributed by atoms with E-state index in [1.807, 2.05) is 38.1 Å². The van der Waals surface area contributed by atoms with Crippen LogP contribution >= 0.6 is 0 Å². The van der Waals surface area contributed by atoms with Crippen molar-refractivity contribution in [2.24, 2.45) is 0 Å². The quantitative estimate of drug-likeness (QED) is 0.608. The van der Waals surface area contributed by atoms with E-state index in [0.29, 0.717) is 23.5 Å². The summed E-state index contributed by atoms with van der Waals surface area (Å²) in [4.78, 5) is 38.4. The lowest BCUT2D eigenvalue weighted by atomic mass is 10.1. The van der Waals surface area contributed by atoms with Crippen molar-refractivity contribution in [3.8, 4) is 0 Å². The van der Waals surface area contributed by atoms with Gasteiger partial charge < -0.3 is 16.0 Å². The predicted molar refractivity (Wildman–Crippen MR) is 115 cm³/mol. The second-order valence-corrected chi connectivity index (χ2v) is 6.94. The highest BCUT2D eigenvalue weighted by Gasteiger charge is 2.15. The van der Waals surface area contributed by atoms with Crippen LogP contribution in [0.4, 0.5) is 11.4 Å². The first kappa shape index (κ1) is 22.1. The highest BCUT2D eigenvalue weighted by molar-refractivity contribution is 6.10. The molecule has 2 aromatic carbocycles. The number of nitrogens with zero attached hydrogens (tertiary/aromatic N) is 1. The predicted octanol–water partition coefficient (Wildman–Crippen LogP) is 2.64. The lowest BCUT2D eigenvalue weighted by molar-refractivity contribution is -0.122. The Labute approximate surface area is 171 Å². The van der Waals surface area contributed by atoms with Crippen molar-refractivity contribution in [3.63, 3.8) is 0 Å². The van der Waals surface area contributed by atoms with E-state index in [-0.39, 0.29) is 30.8 Å². The van der Waals surface area contributed by atoms with Gasteiger partial charge >= 0.3 is 0 Å². The Morgan fingerprint density at radius 1 is 0.931 bits per heavy atom. The molecule has 3 amide bonds. The zero-order chi connectivity index (χ0) is 21.2. The first-order valence-electron chi connectivity index (χ1n) is 9.61. The lowest BCUT2D eigenvalue weighted by Gasteiger charge is -2.17. The topological polar surface area (TPSA) is 90.5 Å². The molecule has 0 radical (unpaired) electrons. The van der Waals surface area contributed by atoms with Gasteiger partial charge in [0, 0.05) is 12.2 Å². The van der Waals surface area contributed by atoms with Crippen molar-refractivity contribution >= 4 is 29.1 Å². The molecule has 0 aliphatic rings. The summed E-state index contributed by atoms with van der Waals surface area (Å²) >= 11 is 0. The normalized spacial score (nSPS) is 10.5. The number of likely N-dealkylation sites (N-methyl/N-ethyl adjacent to an activating group) is 1. The first-order valence-corrected chi connectivity index (χ1v) is 9.61. The Balaban J connectivity index is 1.98. The highest BCUT2D eigenvalue weighted by Crippen LogP contribution is 2.18. The average molecular weight is 396 g/mol. The summed E-state index contributed by atoms with van der Waals surface area (Å²) in [6.45, 7) is 4.70. The maximum absolute atomic E-state index is 12.7. The van der Waals surface area contributed by atoms with E-state index >= 15 is 0 Å². The van der Waals surface area contributed by atoms with E-state index in [1.165, 1.54) is 0 Å². The molecule has 0 atom stereocenters. The van der Waals surface area contributed by atoms with Crippen LogP contribution in [0.5, 0.6) is 0 Å². The van der Waals surface area contributed by atoms with Gasteiger partial charge in [0.25, 0.3) is 5.91 Å². The van der Waals surface area contributed by atoms with Gasteiger partial charge in [-0.1, -0.05) is 31.2 Å². The van der Waals surface area contributed by atoms with Gasteiger partial charge in [0.05, 0.1) is 24.3 Å². The smallest absolute Gasteiger partial charge is 0.257 e. The van der Waals surface area contributed by atoms with Gasteiger partial charge in [-0.05, 0) is 50.2 Å². The standard InChI is InChI=1S/C22H28N4O3/c1-4-12-23-20(27)14-26(3)15-21(28)25-19-11-6-5-10-18(19)22(29)24-17-9-7-8-16(2)13-17/h5-11,13H,4,12,14-15H2,1-3H3,(H,23,27)(H,24,29)(H,25,28). The van der Waals surface area contributed by atoms with Crippen LogP contribution in [0.3, 0.4) is 0 Å². The van der Waals surface area contributed by atoms with Gasteiger partial charge in [-0.3, -0.25) is 19.3 Å².